The number of nitrogens with one attached hydrogen (secondary N) is 1. The van der Waals surface area contributed by atoms with Crippen molar-refractivity contribution in [3.63, 3.8) is 0 Å². The number of benzene rings is 2. The highest BCUT2D eigenvalue weighted by molar-refractivity contribution is 7.15. The Kier molecular flexibility index (Phi) is 6.18. The first kappa shape index (κ1) is 21.5. The van der Waals surface area contributed by atoms with Gasteiger partial charge in [-0.05, 0) is 24.0 Å². The number of rotatable bonds is 7. The molecule has 1 unspecified atom stereocenters. The molecule has 1 fully saturated rings. The summed E-state index contributed by atoms with van der Waals surface area (Å²) in [6, 6.07) is 16.2. The fourth-order valence-corrected chi connectivity index (χ4v) is 4.62. The van der Waals surface area contributed by atoms with Crippen LogP contribution in [0.2, 0.25) is 0 Å². The van der Waals surface area contributed by atoms with E-state index in [0.717, 1.165) is 20.9 Å². The van der Waals surface area contributed by atoms with E-state index in [-0.39, 0.29) is 0 Å². The van der Waals surface area contributed by atoms with Crippen molar-refractivity contribution in [1.82, 2.24) is 15.2 Å². The molecular weight excluding hydrogens is 428 g/mol. The number of amides is 3. The Bertz CT molecular complexity index is 1080. The molecule has 164 valence electrons. The fourth-order valence-electron chi connectivity index (χ4n) is 3.92. The summed E-state index contributed by atoms with van der Waals surface area (Å²) >= 11 is 1.30. The monoisotopic (exact) mass is 450 g/mol. The van der Waals surface area contributed by atoms with Gasteiger partial charge in [0.2, 0.25) is 5.91 Å². The smallest absolute Gasteiger partial charge is 0.327 e. The summed E-state index contributed by atoms with van der Waals surface area (Å²) in [4.78, 5) is 43.3. The molecule has 2 heterocycles. The molecule has 1 aromatic heterocycles. The van der Waals surface area contributed by atoms with Gasteiger partial charge in [0.05, 0.1) is 12.0 Å². The third kappa shape index (κ3) is 4.33. The van der Waals surface area contributed by atoms with Crippen LogP contribution in [0.4, 0.5) is 9.93 Å². The largest absolute Gasteiger partial charge is 0.480 e. The standard InChI is InChI=1S/C23H22N4O4S/c24-22-25-13-16(32-22)11-12-17-19(21(29)30)27(20(17)28)23(31)26-18(14-7-3-1-4-8-14)15-9-5-2-6-10-15/h1-10,13,17-19H,11-12H2,(H2,24,25)(H,26,31)(H,29,30)/t17-,19?/m1/s1. The summed E-state index contributed by atoms with van der Waals surface area (Å²) in [6.07, 6.45) is 2.40. The number of imide groups is 1. The summed E-state index contributed by atoms with van der Waals surface area (Å²) in [7, 11) is 0. The van der Waals surface area contributed by atoms with Crippen LogP contribution in [0.15, 0.2) is 66.9 Å². The lowest BCUT2D eigenvalue weighted by Gasteiger charge is -2.43. The Hall–Kier alpha value is -3.72. The lowest BCUT2D eigenvalue weighted by Crippen LogP contribution is -2.68. The summed E-state index contributed by atoms with van der Waals surface area (Å²) in [5.41, 5.74) is 7.27. The number of carboxylic acids is 1. The van der Waals surface area contributed by atoms with E-state index in [2.05, 4.69) is 10.3 Å². The molecule has 0 aliphatic carbocycles. The lowest BCUT2D eigenvalue weighted by molar-refractivity contribution is -0.166. The van der Waals surface area contributed by atoms with Gasteiger partial charge in [-0.25, -0.2) is 19.5 Å². The molecule has 4 N–H and O–H groups in total. The van der Waals surface area contributed by atoms with Gasteiger partial charge in [-0.1, -0.05) is 60.7 Å². The molecule has 1 saturated heterocycles. The molecule has 3 aromatic rings. The Balaban J connectivity index is 1.50. The molecule has 8 nitrogen and oxygen atoms in total. The number of aryl methyl sites for hydroxylation is 1. The van der Waals surface area contributed by atoms with E-state index in [1.807, 2.05) is 60.7 Å². The first-order valence-corrected chi connectivity index (χ1v) is 10.9. The summed E-state index contributed by atoms with van der Waals surface area (Å²) in [6.45, 7) is 0. The number of nitrogens with zero attached hydrogens (tertiary/aromatic N) is 2. The van der Waals surface area contributed by atoms with Crippen LogP contribution < -0.4 is 11.1 Å². The van der Waals surface area contributed by atoms with Crippen LogP contribution >= 0.6 is 11.3 Å². The molecule has 4 rings (SSSR count). The Morgan fingerprint density at radius 1 is 1.09 bits per heavy atom. The van der Waals surface area contributed by atoms with Crippen LogP contribution in [0, 0.1) is 5.92 Å². The molecule has 0 spiro atoms. The molecule has 32 heavy (non-hydrogen) atoms. The Morgan fingerprint density at radius 2 is 1.69 bits per heavy atom. The molecule has 2 atom stereocenters. The Labute approximate surface area is 188 Å². The van der Waals surface area contributed by atoms with Crippen molar-refractivity contribution in [3.8, 4) is 0 Å². The number of nitrogens with two attached hydrogens (primary N) is 1. The second-order valence-electron chi connectivity index (χ2n) is 7.51. The molecule has 2 aromatic carbocycles. The van der Waals surface area contributed by atoms with Crippen LogP contribution in [-0.4, -0.2) is 38.9 Å². The number of anilines is 1. The maximum absolute atomic E-state index is 13.0. The maximum atomic E-state index is 13.0. The van der Waals surface area contributed by atoms with E-state index in [9.17, 15) is 19.5 Å². The number of urea groups is 1. The van der Waals surface area contributed by atoms with E-state index in [1.165, 1.54) is 11.3 Å². The quantitative estimate of drug-likeness (QED) is 0.475. The van der Waals surface area contributed by atoms with E-state index >= 15 is 0 Å². The first-order valence-electron chi connectivity index (χ1n) is 10.1. The number of aliphatic carboxylic acids is 1. The predicted molar refractivity (Wildman–Crippen MR) is 120 cm³/mol. The number of carbonyl (C=O) groups excluding carboxylic acids is 2. The third-order valence-electron chi connectivity index (χ3n) is 5.49. The van der Waals surface area contributed by atoms with Crippen molar-refractivity contribution in [2.24, 2.45) is 5.92 Å². The van der Waals surface area contributed by atoms with Gasteiger partial charge in [-0.2, -0.15) is 0 Å². The molecule has 0 bridgehead atoms. The maximum Gasteiger partial charge on any atom is 0.327 e. The van der Waals surface area contributed by atoms with E-state index in [1.54, 1.807) is 6.20 Å². The van der Waals surface area contributed by atoms with E-state index in [4.69, 9.17) is 5.73 Å². The second kappa shape index (κ2) is 9.19. The normalized spacial score (nSPS) is 17.8. The van der Waals surface area contributed by atoms with Gasteiger partial charge >= 0.3 is 12.0 Å². The zero-order chi connectivity index (χ0) is 22.7. The first-order chi connectivity index (χ1) is 15.5. The highest BCUT2D eigenvalue weighted by Gasteiger charge is 2.54. The zero-order valence-electron chi connectivity index (χ0n) is 17.0. The number of nitrogen functional groups attached to an aromatic ring is 1. The third-order valence-corrected chi connectivity index (χ3v) is 6.38. The van der Waals surface area contributed by atoms with E-state index < -0.39 is 35.9 Å². The Morgan fingerprint density at radius 3 is 2.19 bits per heavy atom. The predicted octanol–water partition coefficient (Wildman–Crippen LogP) is 3.07. The van der Waals surface area contributed by atoms with Gasteiger partial charge in [0, 0.05) is 11.1 Å². The van der Waals surface area contributed by atoms with Gasteiger partial charge in [-0.15, -0.1) is 11.3 Å². The highest BCUT2D eigenvalue weighted by Crippen LogP contribution is 2.33. The number of β-lactam (4-membered cyclic amide) rings is 1. The fraction of sp³-hybridized carbons (Fsp3) is 0.217. The van der Waals surface area contributed by atoms with Crippen molar-refractivity contribution in [3.05, 3.63) is 82.9 Å². The van der Waals surface area contributed by atoms with Crippen LogP contribution in [0.3, 0.4) is 0 Å². The minimum Gasteiger partial charge on any atom is -0.480 e. The molecule has 9 heteroatoms. The van der Waals surface area contributed by atoms with Gasteiger partial charge in [0.15, 0.2) is 11.2 Å². The van der Waals surface area contributed by atoms with Crippen LogP contribution in [0.5, 0.6) is 0 Å². The van der Waals surface area contributed by atoms with Crippen LogP contribution in [-0.2, 0) is 16.0 Å². The molecule has 0 saturated carbocycles. The topological polar surface area (TPSA) is 126 Å². The van der Waals surface area contributed by atoms with Gasteiger partial charge < -0.3 is 16.2 Å². The van der Waals surface area contributed by atoms with Crippen molar-refractivity contribution in [1.29, 1.82) is 0 Å². The van der Waals surface area contributed by atoms with Crippen molar-refractivity contribution < 1.29 is 19.5 Å². The highest BCUT2D eigenvalue weighted by atomic mass is 32.1. The lowest BCUT2D eigenvalue weighted by atomic mass is 9.83. The average Bonchev–Trinajstić information content (AvgIpc) is 3.21. The summed E-state index contributed by atoms with van der Waals surface area (Å²) in [5.74, 6) is -2.47. The van der Waals surface area contributed by atoms with Gasteiger partial charge in [-0.3, -0.25) is 4.79 Å². The minimum atomic E-state index is -1.21. The minimum absolute atomic E-state index is 0.308. The number of thiazole rings is 1. The molecular formula is C23H22N4O4S. The number of aromatic nitrogens is 1. The number of likely N-dealkylation sites (tertiary alicyclic amines) is 1. The van der Waals surface area contributed by atoms with Crippen molar-refractivity contribution in [2.45, 2.75) is 24.9 Å². The van der Waals surface area contributed by atoms with Gasteiger partial charge in [0.25, 0.3) is 0 Å². The second-order valence-corrected chi connectivity index (χ2v) is 8.65. The van der Waals surface area contributed by atoms with E-state index in [0.29, 0.717) is 18.0 Å². The zero-order valence-corrected chi connectivity index (χ0v) is 17.9. The summed E-state index contributed by atoms with van der Waals surface area (Å²) < 4.78 is 0. The SMILES string of the molecule is Nc1ncc(CC[C@H]2C(=O)N(C(=O)NC(c3ccccc3)c3ccccc3)C2C(=O)O)s1. The number of carbonyl (C=O) groups is 3. The van der Waals surface area contributed by atoms with Gasteiger partial charge in [0.1, 0.15) is 0 Å². The number of hydrogen-bond acceptors (Lipinski definition) is 6. The average molecular weight is 451 g/mol. The molecule has 1 aliphatic heterocycles. The van der Waals surface area contributed by atoms with Crippen molar-refractivity contribution >= 4 is 34.4 Å². The number of hydrogen-bond donors (Lipinski definition) is 3. The molecule has 3 amide bonds. The summed E-state index contributed by atoms with van der Waals surface area (Å²) in [5, 5.41) is 13.0. The van der Waals surface area contributed by atoms with Crippen molar-refractivity contribution in [2.75, 3.05) is 5.73 Å². The number of carboxylic acid groups (broad SMARTS) is 1. The molecule has 0 radical (unpaired) electrons. The molecule has 1 aliphatic rings. The van der Waals surface area contributed by atoms with Crippen LogP contribution in [0.1, 0.15) is 28.5 Å². The van der Waals surface area contributed by atoms with Crippen LogP contribution in [0.25, 0.3) is 0 Å².